The van der Waals surface area contributed by atoms with Crippen LogP contribution in [0.2, 0.25) is 0 Å². The number of hydrogen-bond donors (Lipinski definition) is 0. The Kier molecular flexibility index (Phi) is 6.80. The first-order valence-corrected chi connectivity index (χ1v) is 13.2. The standard InChI is InChI=1S/C36H28O3/c1-25(26-21-23-30(24-22-26)38-29-15-3-2-4-16-29)36(37)39-35(33-19-9-13-27-11-5-7-17-31(27)33)34-20-10-14-28-12-6-8-18-32(28)34/h2-25,35H,1H3/t25-/m0/s1. The van der Waals surface area contributed by atoms with Gasteiger partial charge in [-0.15, -0.1) is 0 Å². The molecule has 0 saturated heterocycles. The molecule has 190 valence electrons. The van der Waals surface area contributed by atoms with Crippen LogP contribution in [0.1, 0.15) is 35.6 Å². The molecule has 6 rings (SSSR count). The molecule has 0 heterocycles. The summed E-state index contributed by atoms with van der Waals surface area (Å²) in [6.07, 6.45) is -0.558. The molecule has 0 radical (unpaired) electrons. The van der Waals surface area contributed by atoms with Gasteiger partial charge < -0.3 is 9.47 Å². The fraction of sp³-hybridized carbons (Fsp3) is 0.0833. The number of benzene rings is 6. The van der Waals surface area contributed by atoms with Crippen LogP contribution in [0.5, 0.6) is 11.5 Å². The van der Waals surface area contributed by atoms with E-state index in [2.05, 4.69) is 48.5 Å². The van der Waals surface area contributed by atoms with E-state index in [4.69, 9.17) is 9.47 Å². The molecule has 1 atom stereocenters. The molecule has 0 amide bonds. The van der Waals surface area contributed by atoms with Crippen molar-refractivity contribution in [1.82, 2.24) is 0 Å². The first-order valence-electron chi connectivity index (χ1n) is 13.2. The van der Waals surface area contributed by atoms with E-state index < -0.39 is 12.0 Å². The van der Waals surface area contributed by atoms with Gasteiger partial charge in [0, 0.05) is 11.1 Å². The highest BCUT2D eigenvalue weighted by Crippen LogP contribution is 2.37. The Morgan fingerprint density at radius 1 is 0.538 bits per heavy atom. The van der Waals surface area contributed by atoms with Gasteiger partial charge >= 0.3 is 5.97 Å². The summed E-state index contributed by atoms with van der Waals surface area (Å²) >= 11 is 0. The van der Waals surface area contributed by atoms with Crippen LogP contribution < -0.4 is 4.74 Å². The van der Waals surface area contributed by atoms with Gasteiger partial charge in [-0.1, -0.05) is 115 Å². The Morgan fingerprint density at radius 3 is 1.62 bits per heavy atom. The van der Waals surface area contributed by atoms with Crippen LogP contribution in [0.25, 0.3) is 21.5 Å². The van der Waals surface area contributed by atoms with Gasteiger partial charge in [-0.3, -0.25) is 4.79 Å². The van der Waals surface area contributed by atoms with Crippen LogP contribution in [0.3, 0.4) is 0 Å². The molecular weight excluding hydrogens is 480 g/mol. The minimum atomic E-state index is -0.558. The van der Waals surface area contributed by atoms with E-state index >= 15 is 0 Å². The molecular formula is C36H28O3. The average Bonchev–Trinajstić information content (AvgIpc) is 3.00. The Labute approximate surface area is 228 Å². The lowest BCUT2D eigenvalue weighted by molar-refractivity contribution is -0.148. The van der Waals surface area contributed by atoms with Crippen LogP contribution in [0.4, 0.5) is 0 Å². The second-order valence-electron chi connectivity index (χ2n) is 9.66. The Balaban J connectivity index is 1.33. The molecule has 0 aliphatic rings. The molecule has 0 aromatic heterocycles. The Hall–Kier alpha value is -4.89. The highest BCUT2D eigenvalue weighted by Gasteiger charge is 2.26. The van der Waals surface area contributed by atoms with Crippen molar-refractivity contribution in [3.63, 3.8) is 0 Å². The number of fused-ring (bicyclic) bond motifs is 2. The minimum Gasteiger partial charge on any atom is -0.457 e. The predicted octanol–water partition coefficient (Wildman–Crippen LogP) is 9.22. The quantitative estimate of drug-likeness (QED) is 0.202. The van der Waals surface area contributed by atoms with E-state index in [1.165, 1.54) is 0 Å². The molecule has 0 unspecified atom stereocenters. The molecule has 6 aromatic rings. The van der Waals surface area contributed by atoms with Crippen molar-refractivity contribution in [2.45, 2.75) is 18.9 Å². The van der Waals surface area contributed by atoms with E-state index in [9.17, 15) is 4.79 Å². The van der Waals surface area contributed by atoms with Gasteiger partial charge in [0.25, 0.3) is 0 Å². The highest BCUT2D eigenvalue weighted by atomic mass is 16.5. The summed E-state index contributed by atoms with van der Waals surface area (Å²) in [4.78, 5) is 13.7. The van der Waals surface area contributed by atoms with Crippen molar-refractivity contribution in [2.24, 2.45) is 0 Å². The van der Waals surface area contributed by atoms with Crippen molar-refractivity contribution in [2.75, 3.05) is 0 Å². The zero-order valence-corrected chi connectivity index (χ0v) is 21.7. The third-order valence-corrected chi connectivity index (χ3v) is 7.16. The highest BCUT2D eigenvalue weighted by molar-refractivity contribution is 5.90. The van der Waals surface area contributed by atoms with E-state index in [1.54, 1.807) is 0 Å². The Bertz CT molecular complexity index is 1650. The van der Waals surface area contributed by atoms with Gasteiger partial charge in [0.1, 0.15) is 11.5 Å². The topological polar surface area (TPSA) is 35.5 Å². The van der Waals surface area contributed by atoms with Crippen LogP contribution in [0.15, 0.2) is 140 Å². The SMILES string of the molecule is C[C@H](C(=O)OC(c1cccc2ccccc12)c1cccc2ccccc12)c1ccc(Oc2ccccc2)cc1. The number of rotatable bonds is 7. The maximum Gasteiger partial charge on any atom is 0.314 e. The summed E-state index contributed by atoms with van der Waals surface area (Å²) < 4.78 is 12.3. The molecule has 0 saturated carbocycles. The monoisotopic (exact) mass is 508 g/mol. The van der Waals surface area contributed by atoms with Gasteiger partial charge in [0.15, 0.2) is 6.10 Å². The Morgan fingerprint density at radius 2 is 1.03 bits per heavy atom. The molecule has 0 spiro atoms. The zero-order chi connectivity index (χ0) is 26.6. The summed E-state index contributed by atoms with van der Waals surface area (Å²) in [7, 11) is 0. The van der Waals surface area contributed by atoms with Gasteiger partial charge in [-0.2, -0.15) is 0 Å². The van der Waals surface area contributed by atoms with Gasteiger partial charge in [0.2, 0.25) is 0 Å². The van der Waals surface area contributed by atoms with Crippen molar-refractivity contribution in [3.8, 4) is 11.5 Å². The number of ether oxygens (including phenoxy) is 2. The maximum absolute atomic E-state index is 13.7. The molecule has 3 nitrogen and oxygen atoms in total. The van der Waals surface area contributed by atoms with Crippen molar-refractivity contribution in [1.29, 1.82) is 0 Å². The summed E-state index contributed by atoms with van der Waals surface area (Å²) in [6, 6.07) is 46.1. The van der Waals surface area contributed by atoms with Crippen LogP contribution in [-0.2, 0) is 9.53 Å². The first-order chi connectivity index (χ1) is 19.2. The van der Waals surface area contributed by atoms with Crippen LogP contribution in [-0.4, -0.2) is 5.97 Å². The fourth-order valence-corrected chi connectivity index (χ4v) is 5.06. The third-order valence-electron chi connectivity index (χ3n) is 7.16. The lowest BCUT2D eigenvalue weighted by Gasteiger charge is -2.24. The lowest BCUT2D eigenvalue weighted by atomic mass is 9.92. The number of carbonyl (C=O) groups excluding carboxylic acids is 1. The van der Waals surface area contributed by atoms with E-state index in [0.717, 1.165) is 49.7 Å². The number of esters is 1. The summed E-state index contributed by atoms with van der Waals surface area (Å²) in [5.74, 6) is 0.751. The molecule has 0 aliphatic heterocycles. The molecule has 0 bridgehead atoms. The van der Waals surface area contributed by atoms with Crippen LogP contribution >= 0.6 is 0 Å². The first kappa shape index (κ1) is 24.4. The number of hydrogen-bond acceptors (Lipinski definition) is 3. The van der Waals surface area contributed by atoms with Gasteiger partial charge in [0.05, 0.1) is 5.92 Å². The van der Waals surface area contributed by atoms with Crippen molar-refractivity contribution >= 4 is 27.5 Å². The van der Waals surface area contributed by atoms with E-state index in [-0.39, 0.29) is 5.97 Å². The largest absolute Gasteiger partial charge is 0.457 e. The van der Waals surface area contributed by atoms with E-state index in [0.29, 0.717) is 0 Å². The smallest absolute Gasteiger partial charge is 0.314 e. The maximum atomic E-state index is 13.7. The minimum absolute atomic E-state index is 0.280. The summed E-state index contributed by atoms with van der Waals surface area (Å²) in [6.45, 7) is 1.89. The van der Waals surface area contributed by atoms with Crippen molar-refractivity contribution in [3.05, 3.63) is 156 Å². The second kappa shape index (κ2) is 10.8. The van der Waals surface area contributed by atoms with Gasteiger partial charge in [-0.25, -0.2) is 0 Å². The molecule has 0 aliphatic carbocycles. The molecule has 6 aromatic carbocycles. The fourth-order valence-electron chi connectivity index (χ4n) is 5.06. The van der Waals surface area contributed by atoms with Crippen LogP contribution in [0, 0.1) is 0 Å². The lowest BCUT2D eigenvalue weighted by Crippen LogP contribution is -2.18. The number of para-hydroxylation sites is 1. The van der Waals surface area contributed by atoms with Gasteiger partial charge in [-0.05, 0) is 58.3 Å². The second-order valence-corrected chi connectivity index (χ2v) is 9.66. The average molecular weight is 509 g/mol. The summed E-state index contributed by atoms with van der Waals surface area (Å²) in [5.41, 5.74) is 2.81. The van der Waals surface area contributed by atoms with E-state index in [1.807, 2.05) is 97.9 Å². The summed E-state index contributed by atoms with van der Waals surface area (Å²) in [5, 5.41) is 4.36. The number of carbonyl (C=O) groups is 1. The molecule has 0 fully saturated rings. The normalized spacial score (nSPS) is 11.9. The predicted molar refractivity (Wildman–Crippen MR) is 157 cm³/mol. The zero-order valence-electron chi connectivity index (χ0n) is 21.7. The molecule has 0 N–H and O–H groups in total. The third kappa shape index (κ3) is 5.12. The molecule has 39 heavy (non-hydrogen) atoms. The van der Waals surface area contributed by atoms with Crippen molar-refractivity contribution < 1.29 is 14.3 Å². The molecule has 3 heteroatoms.